The van der Waals surface area contributed by atoms with Crippen LogP contribution in [0.1, 0.15) is 90.9 Å². The Hall–Kier alpha value is 0.460. The molecule has 0 unspecified atom stereocenters. The SMILES string of the molecule is CCCNP(=O)(NCCC)N(SC1CCCCC1)C1CCCCC1. The predicted octanol–water partition coefficient (Wildman–Crippen LogP) is 5.71. The van der Waals surface area contributed by atoms with Gasteiger partial charge in [0.2, 0.25) is 0 Å². The van der Waals surface area contributed by atoms with Gasteiger partial charge in [-0.05, 0) is 38.5 Å². The molecule has 2 saturated carbocycles. The number of nitrogens with one attached hydrogen (secondary N) is 2. The Morgan fingerprint density at radius 1 is 0.875 bits per heavy atom. The van der Waals surface area contributed by atoms with E-state index in [9.17, 15) is 4.57 Å². The molecule has 142 valence electrons. The average molecular weight is 376 g/mol. The molecule has 0 spiro atoms. The zero-order valence-corrected chi connectivity index (χ0v) is 17.5. The van der Waals surface area contributed by atoms with E-state index < -0.39 is 7.59 Å². The topological polar surface area (TPSA) is 44.4 Å². The van der Waals surface area contributed by atoms with Crippen molar-refractivity contribution in [1.82, 2.24) is 14.3 Å². The number of hydrogen-bond donors (Lipinski definition) is 2. The molecule has 0 aromatic carbocycles. The van der Waals surface area contributed by atoms with Crippen molar-refractivity contribution in [2.75, 3.05) is 13.1 Å². The molecule has 0 heterocycles. The van der Waals surface area contributed by atoms with Gasteiger partial charge in [0.1, 0.15) is 0 Å². The van der Waals surface area contributed by atoms with Crippen molar-refractivity contribution >= 4 is 19.5 Å². The first-order chi connectivity index (χ1) is 11.7. The van der Waals surface area contributed by atoms with E-state index in [1.807, 2.05) is 11.9 Å². The Morgan fingerprint density at radius 2 is 1.38 bits per heavy atom. The largest absolute Gasteiger partial charge is 0.291 e. The van der Waals surface area contributed by atoms with Gasteiger partial charge < -0.3 is 0 Å². The van der Waals surface area contributed by atoms with Crippen LogP contribution in [-0.4, -0.2) is 28.5 Å². The van der Waals surface area contributed by atoms with Gasteiger partial charge in [-0.1, -0.05) is 64.3 Å². The van der Waals surface area contributed by atoms with Gasteiger partial charge >= 0.3 is 0 Å². The van der Waals surface area contributed by atoms with Gasteiger partial charge in [-0.25, -0.2) is 10.2 Å². The van der Waals surface area contributed by atoms with Crippen LogP contribution in [0.15, 0.2) is 0 Å². The molecule has 0 aromatic rings. The number of hydrogen-bond acceptors (Lipinski definition) is 2. The Morgan fingerprint density at radius 3 is 1.88 bits per heavy atom. The summed E-state index contributed by atoms with van der Waals surface area (Å²) in [5.41, 5.74) is 0. The van der Waals surface area contributed by atoms with Crippen LogP contribution < -0.4 is 10.2 Å². The second kappa shape index (κ2) is 11.2. The summed E-state index contributed by atoms with van der Waals surface area (Å²) in [5, 5.41) is 7.49. The smallest absolute Gasteiger partial charge is 0.270 e. The summed E-state index contributed by atoms with van der Waals surface area (Å²) in [5.74, 6) is 0. The van der Waals surface area contributed by atoms with Gasteiger partial charge in [0.05, 0.1) is 0 Å². The van der Waals surface area contributed by atoms with E-state index in [-0.39, 0.29) is 0 Å². The minimum Gasteiger partial charge on any atom is -0.270 e. The van der Waals surface area contributed by atoms with Crippen LogP contribution in [0.25, 0.3) is 0 Å². The van der Waals surface area contributed by atoms with Crippen molar-refractivity contribution in [1.29, 1.82) is 0 Å². The fourth-order valence-electron chi connectivity index (χ4n) is 3.73. The van der Waals surface area contributed by atoms with Gasteiger partial charge in [0.15, 0.2) is 0 Å². The van der Waals surface area contributed by atoms with E-state index in [1.165, 1.54) is 64.2 Å². The first-order valence-electron chi connectivity index (χ1n) is 10.3. The molecule has 0 saturated heterocycles. The molecule has 2 aliphatic rings. The minimum atomic E-state index is -2.70. The van der Waals surface area contributed by atoms with Gasteiger partial charge in [-0.3, -0.25) is 4.57 Å². The first kappa shape index (κ1) is 20.8. The van der Waals surface area contributed by atoms with Crippen molar-refractivity contribution < 1.29 is 4.57 Å². The number of rotatable bonds is 10. The summed E-state index contributed by atoms with van der Waals surface area (Å²) in [7, 11) is -2.70. The third-order valence-corrected chi connectivity index (χ3v) is 9.57. The quantitative estimate of drug-likeness (QED) is 0.378. The van der Waals surface area contributed by atoms with Crippen LogP contribution in [-0.2, 0) is 4.57 Å². The summed E-state index contributed by atoms with van der Waals surface area (Å²) in [6.07, 6.45) is 15.0. The third-order valence-electron chi connectivity index (χ3n) is 5.13. The van der Waals surface area contributed by atoms with E-state index in [1.54, 1.807) is 0 Å². The van der Waals surface area contributed by atoms with E-state index in [2.05, 4.69) is 28.1 Å². The standard InChI is InChI=1S/C18H38N3OPS/c1-3-15-19-23(22,20-16-4-2)21(17-11-7-5-8-12-17)24-18-13-9-6-10-14-18/h17-18H,3-16H2,1-2H3,(H2,19,20,22). The van der Waals surface area contributed by atoms with Crippen LogP contribution in [0, 0.1) is 0 Å². The van der Waals surface area contributed by atoms with Crippen molar-refractivity contribution in [3.8, 4) is 0 Å². The van der Waals surface area contributed by atoms with Gasteiger partial charge in [-0.15, -0.1) is 0 Å². The molecule has 24 heavy (non-hydrogen) atoms. The highest BCUT2D eigenvalue weighted by molar-refractivity contribution is 8.02. The van der Waals surface area contributed by atoms with Gasteiger partial charge in [0.25, 0.3) is 7.59 Å². The minimum absolute atomic E-state index is 0.463. The molecule has 0 atom stereocenters. The van der Waals surface area contributed by atoms with Crippen molar-refractivity contribution in [2.24, 2.45) is 0 Å². The zero-order chi connectivity index (χ0) is 17.3. The molecule has 0 aliphatic heterocycles. The summed E-state index contributed by atoms with van der Waals surface area (Å²) >= 11 is 1.93. The molecule has 2 rings (SSSR count). The average Bonchev–Trinajstić information content (AvgIpc) is 2.64. The van der Waals surface area contributed by atoms with Crippen molar-refractivity contribution in [3.63, 3.8) is 0 Å². The highest BCUT2D eigenvalue weighted by Gasteiger charge is 2.38. The lowest BCUT2D eigenvalue weighted by Gasteiger charge is -2.41. The van der Waals surface area contributed by atoms with Gasteiger partial charge in [0, 0.05) is 24.4 Å². The highest BCUT2D eigenvalue weighted by atomic mass is 32.2. The van der Waals surface area contributed by atoms with Crippen molar-refractivity contribution in [2.45, 2.75) is 102 Å². The fourth-order valence-corrected chi connectivity index (χ4v) is 8.37. The molecule has 2 N–H and O–H groups in total. The Kier molecular flexibility index (Phi) is 9.72. The van der Waals surface area contributed by atoms with Crippen LogP contribution in [0.4, 0.5) is 0 Å². The maximum absolute atomic E-state index is 13.9. The van der Waals surface area contributed by atoms with Crippen LogP contribution in [0.3, 0.4) is 0 Å². The second-order valence-electron chi connectivity index (χ2n) is 7.35. The van der Waals surface area contributed by atoms with Crippen LogP contribution in [0.2, 0.25) is 0 Å². The molecule has 6 heteroatoms. The molecule has 4 nitrogen and oxygen atoms in total. The second-order valence-corrected chi connectivity index (χ2v) is 11.1. The lowest BCUT2D eigenvalue weighted by atomic mass is 9.96. The van der Waals surface area contributed by atoms with E-state index in [0.29, 0.717) is 11.3 Å². The molecule has 2 aliphatic carbocycles. The maximum atomic E-state index is 13.9. The molecular weight excluding hydrogens is 337 g/mol. The van der Waals surface area contributed by atoms with Crippen molar-refractivity contribution in [3.05, 3.63) is 0 Å². The Balaban J connectivity index is 2.13. The molecule has 0 radical (unpaired) electrons. The molecule has 0 aromatic heterocycles. The normalized spacial score (nSPS) is 21.5. The predicted molar refractivity (Wildman–Crippen MR) is 107 cm³/mol. The lowest BCUT2D eigenvalue weighted by Crippen LogP contribution is -2.40. The summed E-state index contributed by atoms with van der Waals surface area (Å²) < 4.78 is 16.2. The third kappa shape index (κ3) is 6.32. The first-order valence-corrected chi connectivity index (χ1v) is 12.8. The maximum Gasteiger partial charge on any atom is 0.291 e. The summed E-state index contributed by atoms with van der Waals surface area (Å²) in [6.45, 7) is 5.94. The van der Waals surface area contributed by atoms with E-state index >= 15 is 0 Å². The summed E-state index contributed by atoms with van der Waals surface area (Å²) in [6, 6.07) is 0.463. The number of nitrogens with zero attached hydrogens (tertiary/aromatic N) is 1. The summed E-state index contributed by atoms with van der Waals surface area (Å²) in [4.78, 5) is 0. The fraction of sp³-hybridized carbons (Fsp3) is 1.00. The molecule has 0 amide bonds. The Bertz CT molecular complexity index is 372. The molecular formula is C18H38N3OPS. The van der Waals surface area contributed by atoms with E-state index in [0.717, 1.165) is 25.9 Å². The lowest BCUT2D eigenvalue weighted by molar-refractivity contribution is 0.335. The zero-order valence-electron chi connectivity index (χ0n) is 15.8. The monoisotopic (exact) mass is 375 g/mol. The highest BCUT2D eigenvalue weighted by Crippen LogP contribution is 2.52. The Labute approximate surface area is 154 Å². The van der Waals surface area contributed by atoms with E-state index in [4.69, 9.17) is 0 Å². The van der Waals surface area contributed by atoms with Crippen LogP contribution in [0.5, 0.6) is 0 Å². The molecule has 2 fully saturated rings. The van der Waals surface area contributed by atoms with Gasteiger partial charge in [-0.2, -0.15) is 4.08 Å². The molecule has 0 bridgehead atoms. The van der Waals surface area contributed by atoms with Crippen LogP contribution >= 0.6 is 19.5 Å².